The van der Waals surface area contributed by atoms with Gasteiger partial charge in [0.05, 0.1) is 21.8 Å². The molecule has 33 heavy (non-hydrogen) atoms. The van der Waals surface area contributed by atoms with Crippen LogP contribution in [0, 0.1) is 6.92 Å². The van der Waals surface area contributed by atoms with E-state index in [1.807, 2.05) is 6.07 Å². The third kappa shape index (κ3) is 4.96. The van der Waals surface area contributed by atoms with E-state index in [-0.39, 0.29) is 22.2 Å². The molecule has 0 spiro atoms. The fourth-order valence-electron chi connectivity index (χ4n) is 4.20. The average molecular weight is 466 g/mol. The van der Waals surface area contributed by atoms with Crippen LogP contribution in [0.3, 0.4) is 0 Å². The number of aromatic carboxylic acids is 1. The van der Waals surface area contributed by atoms with Crippen molar-refractivity contribution in [3.63, 3.8) is 0 Å². The lowest BCUT2D eigenvalue weighted by Gasteiger charge is -2.43. The van der Waals surface area contributed by atoms with Crippen molar-refractivity contribution in [3.05, 3.63) is 83.9 Å². The van der Waals surface area contributed by atoms with E-state index in [9.17, 15) is 18.3 Å². The third-order valence-corrected chi connectivity index (χ3v) is 7.22. The molecule has 7 nitrogen and oxygen atoms in total. The molecule has 0 amide bonds. The molecule has 0 radical (unpaired) electrons. The van der Waals surface area contributed by atoms with Crippen molar-refractivity contribution in [2.75, 3.05) is 34.2 Å². The Morgan fingerprint density at radius 1 is 1.00 bits per heavy atom. The predicted octanol–water partition coefficient (Wildman–Crippen LogP) is 4.21. The van der Waals surface area contributed by atoms with Gasteiger partial charge in [-0.3, -0.25) is 4.72 Å². The molecule has 1 fully saturated rings. The van der Waals surface area contributed by atoms with E-state index in [1.165, 1.54) is 29.8 Å². The zero-order valence-electron chi connectivity index (χ0n) is 18.6. The lowest BCUT2D eigenvalue weighted by Crippen LogP contribution is -2.52. The summed E-state index contributed by atoms with van der Waals surface area (Å²) in [5.74, 6) is -1.11. The quantitative estimate of drug-likeness (QED) is 0.567. The number of carbonyl (C=O) groups is 1. The van der Waals surface area contributed by atoms with Gasteiger partial charge in [-0.2, -0.15) is 0 Å². The number of benzene rings is 3. The van der Waals surface area contributed by atoms with E-state index in [0.29, 0.717) is 18.8 Å². The number of aryl methyl sites for hydroxylation is 1. The minimum atomic E-state index is -3.87. The number of nitrogens with zero attached hydrogens (tertiary/aromatic N) is 2. The summed E-state index contributed by atoms with van der Waals surface area (Å²) in [4.78, 5) is 16.1. The summed E-state index contributed by atoms with van der Waals surface area (Å²) < 4.78 is 28.5. The molecule has 1 heterocycles. The van der Waals surface area contributed by atoms with Crippen molar-refractivity contribution >= 4 is 33.1 Å². The molecule has 1 aliphatic heterocycles. The largest absolute Gasteiger partial charge is 0.478 e. The number of piperazine rings is 1. The van der Waals surface area contributed by atoms with Crippen molar-refractivity contribution in [1.82, 2.24) is 0 Å². The van der Waals surface area contributed by atoms with Crippen molar-refractivity contribution in [2.24, 2.45) is 0 Å². The number of carboxylic acid groups (broad SMARTS) is 1. The highest BCUT2D eigenvalue weighted by Crippen LogP contribution is 2.32. The zero-order valence-corrected chi connectivity index (χ0v) is 19.4. The third-order valence-electron chi connectivity index (χ3n) is 5.84. The normalized spacial score (nSPS) is 16.5. The van der Waals surface area contributed by atoms with Gasteiger partial charge in [0, 0.05) is 31.4 Å². The SMILES string of the molecule is Cc1cccc(N2CCN(c3ccc(C(=O)O)cc3NS(=O)(=O)c3ccccc3)C[C@@H]2C)c1. The smallest absolute Gasteiger partial charge is 0.335 e. The first-order valence-electron chi connectivity index (χ1n) is 10.8. The van der Waals surface area contributed by atoms with Crippen LogP contribution in [-0.2, 0) is 10.0 Å². The van der Waals surface area contributed by atoms with E-state index in [0.717, 1.165) is 12.2 Å². The lowest BCUT2D eigenvalue weighted by molar-refractivity contribution is 0.0697. The highest BCUT2D eigenvalue weighted by atomic mass is 32.2. The minimum Gasteiger partial charge on any atom is -0.478 e. The van der Waals surface area contributed by atoms with Gasteiger partial charge in [-0.25, -0.2) is 13.2 Å². The fourth-order valence-corrected chi connectivity index (χ4v) is 5.28. The van der Waals surface area contributed by atoms with Crippen molar-refractivity contribution in [3.8, 4) is 0 Å². The van der Waals surface area contributed by atoms with Gasteiger partial charge in [0.15, 0.2) is 0 Å². The van der Waals surface area contributed by atoms with Crippen molar-refractivity contribution in [2.45, 2.75) is 24.8 Å². The molecule has 172 valence electrons. The summed E-state index contributed by atoms with van der Waals surface area (Å²) in [6.45, 7) is 6.30. The summed E-state index contributed by atoms with van der Waals surface area (Å²) >= 11 is 0. The number of hydrogen-bond acceptors (Lipinski definition) is 5. The van der Waals surface area contributed by atoms with E-state index < -0.39 is 16.0 Å². The Morgan fingerprint density at radius 3 is 2.42 bits per heavy atom. The molecule has 4 rings (SSSR count). The Labute approximate surface area is 194 Å². The van der Waals surface area contributed by atoms with Crippen LogP contribution in [-0.4, -0.2) is 45.2 Å². The Kier molecular flexibility index (Phi) is 6.29. The summed E-state index contributed by atoms with van der Waals surface area (Å²) in [5, 5.41) is 9.45. The van der Waals surface area contributed by atoms with Crippen molar-refractivity contribution in [1.29, 1.82) is 0 Å². The maximum absolute atomic E-state index is 13.0. The fraction of sp³-hybridized carbons (Fsp3) is 0.240. The second-order valence-corrected chi connectivity index (χ2v) is 9.97. The Balaban J connectivity index is 1.63. The van der Waals surface area contributed by atoms with Crippen molar-refractivity contribution < 1.29 is 18.3 Å². The standard InChI is InChI=1S/C25H27N3O4S/c1-18-7-6-8-21(15-18)28-14-13-27(17-19(28)2)24-12-11-20(25(29)30)16-23(24)26-33(31,32)22-9-4-3-5-10-22/h3-12,15-16,19,26H,13-14,17H2,1-2H3,(H,29,30)/t19-/m0/s1. The first kappa shape index (κ1) is 22.7. The Bertz CT molecular complexity index is 1260. The molecule has 1 atom stereocenters. The van der Waals surface area contributed by atoms with Crippen LogP contribution in [0.5, 0.6) is 0 Å². The number of nitrogens with one attached hydrogen (secondary N) is 1. The summed E-state index contributed by atoms with van der Waals surface area (Å²) in [6, 6.07) is 21.2. The zero-order chi connectivity index (χ0) is 23.6. The van der Waals surface area contributed by atoms with Crippen LogP contribution in [0.4, 0.5) is 17.1 Å². The molecule has 1 aliphatic rings. The molecule has 8 heteroatoms. The molecule has 0 aromatic heterocycles. The Morgan fingerprint density at radius 2 is 1.76 bits per heavy atom. The number of sulfonamides is 1. The summed E-state index contributed by atoms with van der Waals surface area (Å²) in [5.41, 5.74) is 3.30. The van der Waals surface area contributed by atoms with E-state index >= 15 is 0 Å². The first-order chi connectivity index (χ1) is 15.7. The summed E-state index contributed by atoms with van der Waals surface area (Å²) in [7, 11) is -3.87. The molecule has 3 aromatic carbocycles. The van der Waals surface area contributed by atoms with Crippen LogP contribution in [0.1, 0.15) is 22.8 Å². The maximum atomic E-state index is 13.0. The van der Waals surface area contributed by atoms with Gasteiger partial charge < -0.3 is 14.9 Å². The number of anilines is 3. The highest BCUT2D eigenvalue weighted by molar-refractivity contribution is 7.92. The maximum Gasteiger partial charge on any atom is 0.335 e. The second-order valence-electron chi connectivity index (χ2n) is 8.28. The van der Waals surface area contributed by atoms with Gasteiger partial charge in [-0.15, -0.1) is 0 Å². The highest BCUT2D eigenvalue weighted by Gasteiger charge is 2.27. The molecule has 0 saturated carbocycles. The molecular weight excluding hydrogens is 438 g/mol. The summed E-state index contributed by atoms with van der Waals surface area (Å²) in [6.07, 6.45) is 0. The van der Waals surface area contributed by atoms with Crippen LogP contribution in [0.25, 0.3) is 0 Å². The van der Waals surface area contributed by atoms with Gasteiger partial charge in [-0.05, 0) is 61.9 Å². The molecule has 0 aliphatic carbocycles. The minimum absolute atomic E-state index is 0.0240. The van der Waals surface area contributed by atoms with Crippen LogP contribution in [0.15, 0.2) is 77.7 Å². The number of rotatable bonds is 6. The first-order valence-corrected chi connectivity index (χ1v) is 12.3. The molecule has 0 unspecified atom stereocenters. The van der Waals surface area contributed by atoms with E-state index in [2.05, 4.69) is 46.6 Å². The van der Waals surface area contributed by atoms with Crippen LogP contribution < -0.4 is 14.5 Å². The molecule has 0 bridgehead atoms. The molecule has 1 saturated heterocycles. The Hall–Kier alpha value is -3.52. The molecular formula is C25H27N3O4S. The van der Waals surface area contributed by atoms with Crippen LogP contribution in [0.2, 0.25) is 0 Å². The number of hydrogen-bond donors (Lipinski definition) is 2. The predicted molar refractivity (Wildman–Crippen MR) is 131 cm³/mol. The van der Waals surface area contributed by atoms with Gasteiger partial charge in [-0.1, -0.05) is 30.3 Å². The molecule has 2 N–H and O–H groups in total. The topological polar surface area (TPSA) is 89.9 Å². The lowest BCUT2D eigenvalue weighted by atomic mass is 10.1. The molecule has 3 aromatic rings. The van der Waals surface area contributed by atoms with E-state index in [1.54, 1.807) is 24.3 Å². The van der Waals surface area contributed by atoms with E-state index in [4.69, 9.17) is 0 Å². The van der Waals surface area contributed by atoms with Gasteiger partial charge in [0.2, 0.25) is 0 Å². The van der Waals surface area contributed by atoms with Gasteiger partial charge in [0.1, 0.15) is 0 Å². The number of carboxylic acids is 1. The van der Waals surface area contributed by atoms with Crippen LogP contribution >= 0.6 is 0 Å². The monoisotopic (exact) mass is 465 g/mol. The van der Waals surface area contributed by atoms with Gasteiger partial charge >= 0.3 is 5.97 Å². The average Bonchev–Trinajstić information content (AvgIpc) is 2.79. The van der Waals surface area contributed by atoms with Gasteiger partial charge in [0.25, 0.3) is 10.0 Å². The second kappa shape index (κ2) is 9.15.